The minimum absolute atomic E-state index is 0.193. The van der Waals surface area contributed by atoms with E-state index < -0.39 is 0 Å². The number of benzene rings is 1. The molecule has 0 unspecified atom stereocenters. The van der Waals surface area contributed by atoms with E-state index >= 15 is 0 Å². The van der Waals surface area contributed by atoms with E-state index in [1.54, 1.807) is 13.2 Å². The molecule has 3 aromatic heterocycles. The van der Waals surface area contributed by atoms with Crippen molar-refractivity contribution in [2.24, 2.45) is 0 Å². The fraction of sp³-hybridized carbons (Fsp3) is 0.250. The molecular weight excluding hydrogens is 422 g/mol. The zero-order chi connectivity index (χ0) is 23.2. The van der Waals surface area contributed by atoms with Crippen LogP contribution in [0.5, 0.6) is 11.5 Å². The summed E-state index contributed by atoms with van der Waals surface area (Å²) in [6.07, 6.45) is 5.70. The quantitative estimate of drug-likeness (QED) is 0.393. The van der Waals surface area contributed by atoms with Gasteiger partial charge in [0.2, 0.25) is 5.91 Å². The molecule has 1 amide bonds. The molecule has 4 rings (SSSR count). The van der Waals surface area contributed by atoms with Crippen molar-refractivity contribution < 1.29 is 18.8 Å². The maximum Gasteiger partial charge on any atom is 0.244 e. The molecular formula is C24H25N5O4. The fourth-order valence-corrected chi connectivity index (χ4v) is 3.35. The molecule has 0 bridgehead atoms. The molecule has 1 N–H and O–H groups in total. The van der Waals surface area contributed by atoms with Crippen LogP contribution in [0.15, 0.2) is 53.2 Å². The number of hydrogen-bond acceptors (Lipinski definition) is 7. The lowest BCUT2D eigenvalue weighted by Gasteiger charge is -2.11. The molecule has 3 heterocycles. The third-order valence-corrected chi connectivity index (χ3v) is 5.20. The van der Waals surface area contributed by atoms with Gasteiger partial charge in [0.05, 0.1) is 18.4 Å². The van der Waals surface area contributed by atoms with Crippen LogP contribution in [0.3, 0.4) is 0 Å². The van der Waals surface area contributed by atoms with Crippen LogP contribution < -0.4 is 14.8 Å². The Bertz CT molecular complexity index is 1270. The van der Waals surface area contributed by atoms with Crippen molar-refractivity contribution in [3.05, 3.63) is 77.1 Å². The largest absolute Gasteiger partial charge is 0.493 e. The molecule has 33 heavy (non-hydrogen) atoms. The minimum atomic E-state index is -0.193. The van der Waals surface area contributed by atoms with E-state index in [2.05, 4.69) is 20.7 Å². The van der Waals surface area contributed by atoms with E-state index in [9.17, 15) is 4.79 Å². The number of methoxy groups -OCH3 is 1. The van der Waals surface area contributed by atoms with Gasteiger partial charge in [-0.05, 0) is 49.8 Å². The first-order chi connectivity index (χ1) is 16.0. The Hall–Kier alpha value is -4.14. The average molecular weight is 447 g/mol. The summed E-state index contributed by atoms with van der Waals surface area (Å²) in [4.78, 5) is 12.2. The van der Waals surface area contributed by atoms with Crippen molar-refractivity contribution in [3.63, 3.8) is 0 Å². The number of nitrogens with zero attached hydrogens (tertiary/aromatic N) is 4. The number of amides is 1. The van der Waals surface area contributed by atoms with Gasteiger partial charge < -0.3 is 19.3 Å². The van der Waals surface area contributed by atoms with Crippen molar-refractivity contribution in [2.75, 3.05) is 13.7 Å². The van der Waals surface area contributed by atoms with Gasteiger partial charge in [-0.3, -0.25) is 9.20 Å². The number of rotatable bonds is 9. The predicted molar refractivity (Wildman–Crippen MR) is 122 cm³/mol. The monoisotopic (exact) mass is 447 g/mol. The maximum absolute atomic E-state index is 12.2. The zero-order valence-corrected chi connectivity index (χ0v) is 18.7. The van der Waals surface area contributed by atoms with Gasteiger partial charge in [-0.1, -0.05) is 17.3 Å². The Morgan fingerprint density at radius 1 is 1.18 bits per heavy atom. The second-order valence-corrected chi connectivity index (χ2v) is 7.42. The summed E-state index contributed by atoms with van der Waals surface area (Å²) in [5, 5.41) is 15.1. The molecule has 9 nitrogen and oxygen atoms in total. The van der Waals surface area contributed by atoms with Gasteiger partial charge in [0.1, 0.15) is 18.2 Å². The summed E-state index contributed by atoms with van der Waals surface area (Å²) in [7, 11) is 1.58. The van der Waals surface area contributed by atoms with Crippen LogP contribution in [0.1, 0.15) is 28.4 Å². The first-order valence-electron chi connectivity index (χ1n) is 10.5. The summed E-state index contributed by atoms with van der Waals surface area (Å²) in [6.45, 7) is 4.51. The third kappa shape index (κ3) is 5.20. The standard InChI is InChI=1S/C24H25N5O4/c1-16-19(17(2)33-28-16)15-32-20-9-7-18(14-21(20)31-3)8-10-24(30)25-12-11-23-27-26-22-6-4-5-13-29(22)23/h4-10,13-14H,11-12,15H2,1-3H3,(H,25,30)/b10-8+. The molecule has 4 aromatic rings. The van der Waals surface area contributed by atoms with Crippen molar-refractivity contribution in [1.29, 1.82) is 0 Å². The fourth-order valence-electron chi connectivity index (χ4n) is 3.35. The van der Waals surface area contributed by atoms with Crippen molar-refractivity contribution in [1.82, 2.24) is 25.1 Å². The summed E-state index contributed by atoms with van der Waals surface area (Å²) in [5.41, 5.74) is 3.31. The van der Waals surface area contributed by atoms with Gasteiger partial charge in [-0.15, -0.1) is 10.2 Å². The molecule has 0 spiro atoms. The van der Waals surface area contributed by atoms with Gasteiger partial charge in [0.25, 0.3) is 0 Å². The third-order valence-electron chi connectivity index (χ3n) is 5.20. The van der Waals surface area contributed by atoms with Crippen LogP contribution in [0.2, 0.25) is 0 Å². The molecule has 1 aromatic carbocycles. The van der Waals surface area contributed by atoms with E-state index in [0.29, 0.717) is 31.1 Å². The number of nitrogens with one attached hydrogen (secondary N) is 1. The molecule has 0 radical (unpaired) electrons. The first-order valence-corrected chi connectivity index (χ1v) is 10.5. The lowest BCUT2D eigenvalue weighted by atomic mass is 10.2. The predicted octanol–water partition coefficient (Wildman–Crippen LogP) is 3.29. The highest BCUT2D eigenvalue weighted by molar-refractivity contribution is 5.91. The summed E-state index contributed by atoms with van der Waals surface area (Å²) in [5.74, 6) is 2.50. The van der Waals surface area contributed by atoms with Crippen LogP contribution in [0, 0.1) is 13.8 Å². The van der Waals surface area contributed by atoms with Gasteiger partial charge in [-0.25, -0.2) is 0 Å². The van der Waals surface area contributed by atoms with Crippen molar-refractivity contribution in [2.45, 2.75) is 26.9 Å². The highest BCUT2D eigenvalue weighted by Gasteiger charge is 2.12. The molecule has 0 fully saturated rings. The smallest absolute Gasteiger partial charge is 0.244 e. The topological polar surface area (TPSA) is 104 Å². The van der Waals surface area contributed by atoms with E-state index in [1.165, 1.54) is 6.08 Å². The Kier molecular flexibility index (Phi) is 6.68. The number of aromatic nitrogens is 4. The summed E-state index contributed by atoms with van der Waals surface area (Å²) in [6, 6.07) is 11.2. The first kappa shape index (κ1) is 22.1. The van der Waals surface area contributed by atoms with E-state index in [0.717, 1.165) is 34.1 Å². The Morgan fingerprint density at radius 3 is 2.85 bits per heavy atom. The number of carbonyl (C=O) groups excluding carboxylic acids is 1. The van der Waals surface area contributed by atoms with Crippen LogP contribution in [0.25, 0.3) is 11.7 Å². The Labute approximate surface area is 191 Å². The molecule has 0 saturated carbocycles. The molecule has 0 aliphatic heterocycles. The van der Waals surface area contributed by atoms with Crippen LogP contribution in [-0.2, 0) is 17.8 Å². The molecule has 0 aliphatic rings. The van der Waals surface area contributed by atoms with Gasteiger partial charge >= 0.3 is 0 Å². The molecule has 9 heteroatoms. The second kappa shape index (κ2) is 9.99. The molecule has 170 valence electrons. The highest BCUT2D eigenvalue weighted by atomic mass is 16.5. The van der Waals surface area contributed by atoms with Crippen LogP contribution in [-0.4, -0.2) is 39.3 Å². The number of ether oxygens (including phenoxy) is 2. The number of pyridine rings is 1. The lowest BCUT2D eigenvalue weighted by molar-refractivity contribution is -0.116. The van der Waals surface area contributed by atoms with Gasteiger partial charge in [0, 0.05) is 25.2 Å². The average Bonchev–Trinajstić information content (AvgIpc) is 3.39. The SMILES string of the molecule is COc1cc(/C=C/C(=O)NCCc2nnc3ccccn23)ccc1OCc1c(C)noc1C. The zero-order valence-electron chi connectivity index (χ0n) is 18.7. The summed E-state index contributed by atoms with van der Waals surface area (Å²) < 4.78 is 18.4. The maximum atomic E-state index is 12.2. The summed E-state index contributed by atoms with van der Waals surface area (Å²) >= 11 is 0. The van der Waals surface area contributed by atoms with Crippen molar-refractivity contribution in [3.8, 4) is 11.5 Å². The van der Waals surface area contributed by atoms with E-state index in [1.807, 2.05) is 60.8 Å². The van der Waals surface area contributed by atoms with Gasteiger partial charge in [-0.2, -0.15) is 0 Å². The lowest BCUT2D eigenvalue weighted by Crippen LogP contribution is -2.24. The second-order valence-electron chi connectivity index (χ2n) is 7.42. The Balaban J connectivity index is 1.32. The van der Waals surface area contributed by atoms with Gasteiger partial charge in [0.15, 0.2) is 17.1 Å². The van der Waals surface area contributed by atoms with E-state index in [-0.39, 0.29) is 5.91 Å². The number of hydrogen-bond donors (Lipinski definition) is 1. The molecule has 0 saturated heterocycles. The number of carbonyl (C=O) groups is 1. The minimum Gasteiger partial charge on any atom is -0.493 e. The number of aryl methyl sites for hydroxylation is 2. The molecule has 0 aliphatic carbocycles. The molecule has 0 atom stereocenters. The van der Waals surface area contributed by atoms with Crippen molar-refractivity contribution >= 4 is 17.6 Å². The normalized spacial score (nSPS) is 11.2. The van der Waals surface area contributed by atoms with Crippen LogP contribution >= 0.6 is 0 Å². The number of fused-ring (bicyclic) bond motifs is 1. The van der Waals surface area contributed by atoms with Crippen LogP contribution in [0.4, 0.5) is 0 Å². The highest BCUT2D eigenvalue weighted by Crippen LogP contribution is 2.30. The Morgan fingerprint density at radius 2 is 2.06 bits per heavy atom. The van der Waals surface area contributed by atoms with E-state index in [4.69, 9.17) is 14.0 Å².